The molecule has 11 heteroatoms. The Morgan fingerprint density at radius 1 is 1.22 bits per heavy atom. The van der Waals surface area contributed by atoms with Crippen molar-refractivity contribution in [1.82, 2.24) is 14.8 Å². The highest BCUT2D eigenvalue weighted by Crippen LogP contribution is 2.29. The van der Waals surface area contributed by atoms with Gasteiger partial charge < -0.3 is 29.9 Å². The van der Waals surface area contributed by atoms with Gasteiger partial charge >= 0.3 is 0 Å². The van der Waals surface area contributed by atoms with E-state index in [9.17, 15) is 14.9 Å². The van der Waals surface area contributed by atoms with Crippen LogP contribution in [0.5, 0.6) is 11.5 Å². The summed E-state index contributed by atoms with van der Waals surface area (Å²) in [6.45, 7) is 4.54. The number of thiocarbonyl (C=S) groups is 1. The van der Waals surface area contributed by atoms with Gasteiger partial charge in [0, 0.05) is 30.4 Å². The standard InChI is InChI=1S/C20H22N6O2S.C10H14O2/c1-13-7-14(10-26(13)20(22)29)25(12-27)11-19(28)24(2)18-9-23-17(8-21)15-5-3-4-6-16(15)18;1-4-8-5-6-9(11-2)10(7-8)12-3/h3-6,9,12-14H,7,10-11H2,1-2H3,(H2,22,29);5-7H,4H2,1-3H3/t13-,14?;/m1./s1. The number of anilines is 1. The van der Waals surface area contributed by atoms with Gasteiger partial charge in [-0.1, -0.05) is 37.3 Å². The van der Waals surface area contributed by atoms with Gasteiger partial charge in [-0.3, -0.25) is 9.59 Å². The minimum absolute atomic E-state index is 0.0725. The zero-order valence-electron chi connectivity index (χ0n) is 24.0. The summed E-state index contributed by atoms with van der Waals surface area (Å²) < 4.78 is 10.3. The van der Waals surface area contributed by atoms with Crippen LogP contribution in [0.2, 0.25) is 0 Å². The fraction of sp³-hybridized carbons (Fsp3) is 0.367. The molecular formula is C30H36N6O4S. The van der Waals surface area contributed by atoms with Crippen molar-refractivity contribution < 1.29 is 19.1 Å². The van der Waals surface area contributed by atoms with Crippen molar-refractivity contribution in [3.8, 4) is 17.6 Å². The number of fused-ring (bicyclic) bond motifs is 1. The number of carbonyl (C=O) groups is 2. The third-order valence-corrected chi connectivity index (χ3v) is 7.46. The normalized spacial score (nSPS) is 15.8. The molecule has 1 aliphatic heterocycles. The average molecular weight is 577 g/mol. The van der Waals surface area contributed by atoms with Crippen LogP contribution in [-0.2, 0) is 16.0 Å². The molecule has 1 saturated heterocycles. The number of ether oxygens (including phenoxy) is 2. The van der Waals surface area contributed by atoms with Gasteiger partial charge in [0.2, 0.25) is 12.3 Å². The van der Waals surface area contributed by atoms with Crippen LogP contribution in [0.1, 0.15) is 31.5 Å². The van der Waals surface area contributed by atoms with Gasteiger partial charge in [0.1, 0.15) is 18.3 Å². The molecule has 2 amide bonds. The van der Waals surface area contributed by atoms with Crippen molar-refractivity contribution in [3.05, 3.63) is 59.9 Å². The Kier molecular flexibility index (Phi) is 10.8. The second kappa shape index (κ2) is 14.3. The minimum Gasteiger partial charge on any atom is -0.493 e. The Balaban J connectivity index is 0.000000322. The lowest BCUT2D eigenvalue weighted by Crippen LogP contribution is -2.45. The lowest BCUT2D eigenvalue weighted by molar-refractivity contribution is -0.127. The Bertz CT molecular complexity index is 1440. The number of hydrogen-bond donors (Lipinski definition) is 1. The number of benzene rings is 2. The van der Waals surface area contributed by atoms with Crippen molar-refractivity contribution in [2.45, 2.75) is 38.8 Å². The summed E-state index contributed by atoms with van der Waals surface area (Å²) in [6, 6.07) is 15.3. The molecule has 1 aromatic heterocycles. The summed E-state index contributed by atoms with van der Waals surface area (Å²) in [5, 5.41) is 11.0. The van der Waals surface area contributed by atoms with E-state index in [-0.39, 0.29) is 24.5 Å². The molecule has 216 valence electrons. The maximum absolute atomic E-state index is 12.9. The van der Waals surface area contributed by atoms with Crippen molar-refractivity contribution in [1.29, 1.82) is 5.26 Å². The molecule has 10 nitrogen and oxygen atoms in total. The molecular weight excluding hydrogens is 540 g/mol. The monoisotopic (exact) mass is 576 g/mol. The van der Waals surface area contributed by atoms with E-state index in [1.165, 1.54) is 21.6 Å². The number of hydrogen-bond acceptors (Lipinski definition) is 7. The SMILES string of the molecule is CCc1ccc(OC)c(OC)c1.C[C@@H]1CC(N(C=O)CC(=O)N(C)c2cnc(C#N)c3ccccc23)CN1C(N)=S. The molecule has 0 spiro atoms. The van der Waals surface area contributed by atoms with Crippen LogP contribution in [0.25, 0.3) is 10.8 Å². The van der Waals surface area contributed by atoms with E-state index in [4.69, 9.17) is 27.4 Å². The predicted octanol–water partition coefficient (Wildman–Crippen LogP) is 3.50. The molecule has 0 aliphatic carbocycles. The van der Waals surface area contributed by atoms with Gasteiger partial charge in [-0.25, -0.2) is 4.98 Å². The Morgan fingerprint density at radius 2 is 1.90 bits per heavy atom. The minimum atomic E-state index is -0.254. The summed E-state index contributed by atoms with van der Waals surface area (Å²) in [4.78, 5) is 33.6. The number of carbonyl (C=O) groups excluding carboxylic acids is 2. The fourth-order valence-electron chi connectivity index (χ4n) is 4.83. The number of aromatic nitrogens is 1. The van der Waals surface area contributed by atoms with Gasteiger partial charge in [0.15, 0.2) is 16.6 Å². The number of nitriles is 1. The number of amides is 2. The number of nitrogens with two attached hydrogens (primary N) is 1. The first kappa shape index (κ1) is 31.1. The van der Waals surface area contributed by atoms with Crippen LogP contribution in [-0.4, -0.2) is 78.7 Å². The molecule has 1 fully saturated rings. The molecule has 2 aromatic carbocycles. The Hall–Kier alpha value is -4.43. The maximum Gasteiger partial charge on any atom is 0.246 e. The number of likely N-dealkylation sites (tertiary alicyclic amines) is 1. The van der Waals surface area contributed by atoms with E-state index in [0.717, 1.165) is 23.3 Å². The molecule has 0 saturated carbocycles. The third-order valence-electron chi connectivity index (χ3n) is 7.23. The van der Waals surface area contributed by atoms with Gasteiger partial charge in [-0.2, -0.15) is 5.26 Å². The lowest BCUT2D eigenvalue weighted by Gasteiger charge is -2.27. The first-order valence-corrected chi connectivity index (χ1v) is 13.6. The van der Waals surface area contributed by atoms with Crippen LogP contribution in [0.15, 0.2) is 48.7 Å². The van der Waals surface area contributed by atoms with E-state index < -0.39 is 0 Å². The molecule has 0 bridgehead atoms. The molecule has 3 aromatic rings. The number of likely N-dealkylation sites (N-methyl/N-ethyl adjacent to an activating group) is 1. The summed E-state index contributed by atoms with van der Waals surface area (Å²) in [7, 11) is 4.93. The number of nitrogens with zero attached hydrogens (tertiary/aromatic N) is 5. The summed E-state index contributed by atoms with van der Waals surface area (Å²) in [5.41, 5.74) is 7.88. The highest BCUT2D eigenvalue weighted by atomic mass is 32.1. The van der Waals surface area contributed by atoms with Crippen LogP contribution in [0.3, 0.4) is 0 Å². The lowest BCUT2D eigenvalue weighted by atomic mass is 10.1. The summed E-state index contributed by atoms with van der Waals surface area (Å²) >= 11 is 5.06. The molecule has 2 N–H and O–H groups in total. The zero-order valence-corrected chi connectivity index (χ0v) is 24.9. The van der Waals surface area contributed by atoms with E-state index in [2.05, 4.69) is 18.0 Å². The highest BCUT2D eigenvalue weighted by Gasteiger charge is 2.34. The molecule has 2 heterocycles. The first-order chi connectivity index (χ1) is 19.7. The van der Waals surface area contributed by atoms with Crippen molar-refractivity contribution in [3.63, 3.8) is 0 Å². The molecule has 4 rings (SSSR count). The van der Waals surface area contributed by atoms with Crippen LogP contribution < -0.4 is 20.1 Å². The van der Waals surface area contributed by atoms with E-state index in [0.29, 0.717) is 41.3 Å². The fourth-order valence-corrected chi connectivity index (χ4v) is 5.09. The van der Waals surface area contributed by atoms with Gasteiger partial charge in [-0.05, 0) is 49.7 Å². The van der Waals surface area contributed by atoms with Gasteiger partial charge in [0.25, 0.3) is 0 Å². The van der Waals surface area contributed by atoms with Crippen LogP contribution >= 0.6 is 12.2 Å². The number of pyridine rings is 1. The van der Waals surface area contributed by atoms with E-state index >= 15 is 0 Å². The molecule has 41 heavy (non-hydrogen) atoms. The van der Waals surface area contributed by atoms with Crippen molar-refractivity contribution >= 4 is 46.1 Å². The zero-order chi connectivity index (χ0) is 30.1. The smallest absolute Gasteiger partial charge is 0.246 e. The number of methoxy groups -OCH3 is 2. The van der Waals surface area contributed by atoms with Gasteiger partial charge in [0.05, 0.1) is 32.1 Å². The molecule has 1 aliphatic rings. The molecule has 0 radical (unpaired) electrons. The Morgan fingerprint density at radius 3 is 2.46 bits per heavy atom. The van der Waals surface area contributed by atoms with Crippen LogP contribution in [0, 0.1) is 11.3 Å². The van der Waals surface area contributed by atoms with Gasteiger partial charge in [-0.15, -0.1) is 0 Å². The van der Waals surface area contributed by atoms with Crippen LogP contribution in [0.4, 0.5) is 5.69 Å². The topological polar surface area (TPSA) is 125 Å². The summed E-state index contributed by atoms with van der Waals surface area (Å²) in [5.74, 6) is 1.33. The largest absolute Gasteiger partial charge is 0.493 e. The maximum atomic E-state index is 12.9. The van der Waals surface area contributed by atoms with Crippen molar-refractivity contribution in [2.75, 3.05) is 39.3 Å². The van der Waals surface area contributed by atoms with E-state index in [1.54, 1.807) is 27.3 Å². The third kappa shape index (κ3) is 7.21. The Labute approximate surface area is 246 Å². The first-order valence-electron chi connectivity index (χ1n) is 13.2. The highest BCUT2D eigenvalue weighted by molar-refractivity contribution is 7.80. The number of rotatable bonds is 8. The second-order valence-corrected chi connectivity index (χ2v) is 10.1. The molecule has 1 unspecified atom stereocenters. The second-order valence-electron chi connectivity index (χ2n) is 9.65. The van der Waals surface area contributed by atoms with E-state index in [1.807, 2.05) is 48.2 Å². The number of aryl methyl sites for hydroxylation is 1. The molecule has 2 atom stereocenters. The predicted molar refractivity (Wildman–Crippen MR) is 163 cm³/mol. The van der Waals surface area contributed by atoms with Crippen molar-refractivity contribution in [2.24, 2.45) is 5.73 Å². The quantitative estimate of drug-likeness (QED) is 0.317. The average Bonchev–Trinajstić information content (AvgIpc) is 3.40. The summed E-state index contributed by atoms with van der Waals surface area (Å²) in [6.07, 6.45) is 3.91.